The fourth-order valence-electron chi connectivity index (χ4n) is 3.74. The Kier molecular flexibility index (Phi) is 6.62. The quantitative estimate of drug-likeness (QED) is 0.197. The highest BCUT2D eigenvalue weighted by Crippen LogP contribution is 2.24. The maximum Gasteiger partial charge on any atom is 0.303 e. The third-order valence-electron chi connectivity index (χ3n) is 5.41. The number of aromatic amines is 2. The number of carbonyl (C=O) groups is 2. The van der Waals surface area contributed by atoms with E-state index in [-0.39, 0.29) is 30.5 Å². The molecule has 3 heterocycles. The average molecular weight is 464 g/mol. The van der Waals surface area contributed by atoms with E-state index in [2.05, 4.69) is 40.9 Å². The van der Waals surface area contributed by atoms with Crippen molar-refractivity contribution in [1.82, 2.24) is 40.9 Å². The van der Waals surface area contributed by atoms with Gasteiger partial charge in [-0.05, 0) is 48.9 Å². The number of carboxylic acids is 1. The molecule has 8 N–H and O–H groups in total. The molecule has 176 valence electrons. The minimum absolute atomic E-state index is 0.132. The summed E-state index contributed by atoms with van der Waals surface area (Å²) < 4.78 is 0. The molecule has 4 aromatic rings. The van der Waals surface area contributed by atoms with E-state index in [1.165, 1.54) is 0 Å². The molecule has 0 saturated carbocycles. The van der Waals surface area contributed by atoms with E-state index in [0.29, 0.717) is 17.0 Å². The van der Waals surface area contributed by atoms with Crippen LogP contribution in [-0.2, 0) is 17.6 Å². The Morgan fingerprint density at radius 1 is 1.12 bits per heavy atom. The van der Waals surface area contributed by atoms with Crippen molar-refractivity contribution in [1.29, 1.82) is 0 Å². The number of H-pyrrole nitrogens is 2. The Labute approximate surface area is 193 Å². The predicted octanol–water partition coefficient (Wildman–Crippen LogP) is 1.15. The molecule has 1 aromatic carbocycles. The number of aliphatic carboxylic acids is 1. The van der Waals surface area contributed by atoms with Crippen molar-refractivity contribution in [2.24, 2.45) is 0 Å². The van der Waals surface area contributed by atoms with Gasteiger partial charge in [-0.2, -0.15) is 15.2 Å². The summed E-state index contributed by atoms with van der Waals surface area (Å²) in [4.78, 5) is 34.9. The van der Waals surface area contributed by atoms with Crippen LogP contribution in [0.1, 0.15) is 52.6 Å². The number of carboxylic acid groups (broad SMARTS) is 1. The number of hydrogen-bond donors (Lipinski definition) is 6. The summed E-state index contributed by atoms with van der Waals surface area (Å²) >= 11 is 0. The lowest BCUT2D eigenvalue weighted by Gasteiger charge is -2.14. The maximum atomic E-state index is 12.7. The summed E-state index contributed by atoms with van der Waals surface area (Å²) in [5.74, 6) is -0.596. The van der Waals surface area contributed by atoms with Gasteiger partial charge >= 0.3 is 5.97 Å². The van der Waals surface area contributed by atoms with Crippen molar-refractivity contribution in [3.8, 4) is 0 Å². The van der Waals surface area contributed by atoms with E-state index < -0.39 is 12.0 Å². The van der Waals surface area contributed by atoms with Gasteiger partial charge < -0.3 is 26.9 Å². The number of benzene rings is 1. The molecule has 0 spiro atoms. The predicted molar refractivity (Wildman–Crippen MR) is 122 cm³/mol. The van der Waals surface area contributed by atoms with Gasteiger partial charge in [-0.1, -0.05) is 17.3 Å². The molecule has 0 radical (unpaired) electrons. The zero-order valence-electron chi connectivity index (χ0n) is 18.2. The first-order valence-corrected chi connectivity index (χ1v) is 10.6. The summed E-state index contributed by atoms with van der Waals surface area (Å²) in [5.41, 5.74) is 14.8. The molecule has 13 heteroatoms. The zero-order chi connectivity index (χ0) is 24.1. The lowest BCUT2D eigenvalue weighted by atomic mass is 10.0. The van der Waals surface area contributed by atoms with Gasteiger partial charge in [0.1, 0.15) is 11.5 Å². The van der Waals surface area contributed by atoms with Crippen molar-refractivity contribution in [2.75, 3.05) is 11.5 Å². The van der Waals surface area contributed by atoms with E-state index >= 15 is 0 Å². The molecular weight excluding hydrogens is 440 g/mol. The van der Waals surface area contributed by atoms with Crippen LogP contribution in [0.4, 0.5) is 11.8 Å². The smallest absolute Gasteiger partial charge is 0.303 e. The van der Waals surface area contributed by atoms with E-state index in [1.54, 1.807) is 12.1 Å². The molecule has 3 aromatic heterocycles. The topological polar surface area (TPSA) is 214 Å². The molecule has 0 bridgehead atoms. The van der Waals surface area contributed by atoms with Gasteiger partial charge in [-0.3, -0.25) is 9.59 Å². The molecule has 34 heavy (non-hydrogen) atoms. The highest BCUT2D eigenvalue weighted by Gasteiger charge is 2.21. The van der Waals surface area contributed by atoms with Crippen LogP contribution in [-0.4, -0.2) is 52.6 Å². The van der Waals surface area contributed by atoms with Gasteiger partial charge in [0, 0.05) is 18.2 Å². The third kappa shape index (κ3) is 5.26. The van der Waals surface area contributed by atoms with Crippen LogP contribution in [0.25, 0.3) is 11.0 Å². The van der Waals surface area contributed by atoms with Crippen LogP contribution >= 0.6 is 0 Å². The maximum absolute atomic E-state index is 12.7. The summed E-state index contributed by atoms with van der Waals surface area (Å²) in [7, 11) is 0. The van der Waals surface area contributed by atoms with Crippen LogP contribution in [0.3, 0.4) is 0 Å². The lowest BCUT2D eigenvalue weighted by molar-refractivity contribution is -0.137. The number of hydrogen-bond acceptors (Lipinski definition) is 9. The lowest BCUT2D eigenvalue weighted by Crippen LogP contribution is -2.30. The Morgan fingerprint density at radius 3 is 2.62 bits per heavy atom. The van der Waals surface area contributed by atoms with Gasteiger partial charge in [0.15, 0.2) is 5.82 Å². The fraction of sp³-hybridized carbons (Fsp3) is 0.286. The number of aromatic nitrogens is 7. The number of aryl methyl sites for hydroxylation is 2. The standard InChI is InChI=1S/C21H24N10O3/c22-17-16-13(10-24-19(16)27-21(23)26-17)3-1-2-11-4-6-12(7-5-11)20(34)25-14(8-9-15(32)33)18-28-30-31-29-18/h4-7,10,14H,1-3,8-9H2,(H,25,34)(H,32,33)(H,28,29,30,31)(H5,22,23,24,26,27)/t14-/m0/s1. The molecule has 1 amide bonds. The van der Waals surface area contributed by atoms with E-state index in [0.717, 1.165) is 35.8 Å². The van der Waals surface area contributed by atoms with Crippen molar-refractivity contribution < 1.29 is 14.7 Å². The number of anilines is 2. The number of rotatable bonds is 10. The number of amides is 1. The summed E-state index contributed by atoms with van der Waals surface area (Å²) in [6, 6.07) is 6.58. The largest absolute Gasteiger partial charge is 0.481 e. The second kappa shape index (κ2) is 9.94. The van der Waals surface area contributed by atoms with Crippen LogP contribution in [0.2, 0.25) is 0 Å². The van der Waals surface area contributed by atoms with Crippen molar-refractivity contribution in [3.63, 3.8) is 0 Å². The molecule has 0 saturated heterocycles. The first-order valence-electron chi connectivity index (χ1n) is 10.6. The first-order chi connectivity index (χ1) is 16.4. The molecule has 1 atom stereocenters. The van der Waals surface area contributed by atoms with E-state index in [1.807, 2.05) is 18.3 Å². The van der Waals surface area contributed by atoms with Gasteiger partial charge in [-0.15, -0.1) is 10.2 Å². The molecule has 0 aliphatic carbocycles. The fourth-order valence-corrected chi connectivity index (χ4v) is 3.74. The van der Waals surface area contributed by atoms with Crippen LogP contribution in [0, 0.1) is 0 Å². The molecule has 0 aliphatic rings. The van der Waals surface area contributed by atoms with Crippen LogP contribution in [0.15, 0.2) is 30.5 Å². The Hall–Kier alpha value is -4.55. The van der Waals surface area contributed by atoms with Crippen molar-refractivity contribution >= 4 is 34.7 Å². The number of tetrazole rings is 1. The number of nitrogens with one attached hydrogen (secondary N) is 3. The molecule has 13 nitrogen and oxygen atoms in total. The van der Waals surface area contributed by atoms with Crippen LogP contribution in [0.5, 0.6) is 0 Å². The highest BCUT2D eigenvalue weighted by atomic mass is 16.4. The Balaban J connectivity index is 1.34. The molecule has 0 unspecified atom stereocenters. The van der Waals surface area contributed by atoms with Crippen molar-refractivity contribution in [2.45, 2.75) is 38.1 Å². The molecule has 0 fully saturated rings. The van der Waals surface area contributed by atoms with Gasteiger partial charge in [-0.25, -0.2) is 0 Å². The van der Waals surface area contributed by atoms with E-state index in [9.17, 15) is 9.59 Å². The minimum Gasteiger partial charge on any atom is -0.481 e. The monoisotopic (exact) mass is 464 g/mol. The summed E-state index contributed by atoms with van der Waals surface area (Å²) in [6.45, 7) is 0. The first kappa shape index (κ1) is 22.6. The number of fused-ring (bicyclic) bond motifs is 1. The summed E-state index contributed by atoms with van der Waals surface area (Å²) in [5, 5.41) is 26.0. The number of nitrogens with zero attached hydrogens (tertiary/aromatic N) is 5. The normalized spacial score (nSPS) is 12.0. The Bertz CT molecular complexity index is 1280. The Morgan fingerprint density at radius 2 is 1.91 bits per heavy atom. The SMILES string of the molecule is Nc1nc(N)c2c(CCCc3ccc(C(=O)N[C@@H](CCC(=O)O)c4nn[nH]n4)cc3)c[nH]c2n1. The molecule has 4 rings (SSSR count). The van der Waals surface area contributed by atoms with E-state index in [4.69, 9.17) is 16.6 Å². The van der Waals surface area contributed by atoms with Crippen molar-refractivity contribution in [3.05, 3.63) is 53.0 Å². The number of carbonyl (C=O) groups excluding carboxylic acids is 1. The molecule has 0 aliphatic heterocycles. The second-order valence-electron chi connectivity index (χ2n) is 7.78. The van der Waals surface area contributed by atoms with Gasteiger partial charge in [0.05, 0.1) is 11.4 Å². The van der Waals surface area contributed by atoms with Crippen LogP contribution < -0.4 is 16.8 Å². The van der Waals surface area contributed by atoms with Gasteiger partial charge in [0.25, 0.3) is 5.91 Å². The third-order valence-corrected chi connectivity index (χ3v) is 5.41. The second-order valence-corrected chi connectivity index (χ2v) is 7.78. The molecular formula is C21H24N10O3. The minimum atomic E-state index is -0.973. The highest BCUT2D eigenvalue weighted by molar-refractivity contribution is 5.94. The average Bonchev–Trinajstić information content (AvgIpc) is 3.47. The number of nitrogens with two attached hydrogens (primary N) is 2. The summed E-state index contributed by atoms with van der Waals surface area (Å²) in [6.07, 6.45) is 4.31. The number of nitrogen functional groups attached to an aromatic ring is 2. The van der Waals surface area contributed by atoms with Gasteiger partial charge in [0.2, 0.25) is 5.95 Å². The zero-order valence-corrected chi connectivity index (χ0v) is 18.2.